The van der Waals surface area contributed by atoms with Crippen molar-refractivity contribution in [2.45, 2.75) is 0 Å². The Morgan fingerprint density at radius 2 is 2.05 bits per heavy atom. The molecule has 2 heterocycles. The van der Waals surface area contributed by atoms with Gasteiger partial charge in [-0.05, 0) is 23.6 Å². The second kappa shape index (κ2) is 5.71. The van der Waals surface area contributed by atoms with E-state index < -0.39 is 0 Å². The molecule has 1 aromatic carbocycles. The zero-order chi connectivity index (χ0) is 14.8. The van der Waals surface area contributed by atoms with Gasteiger partial charge in [-0.25, -0.2) is 0 Å². The van der Waals surface area contributed by atoms with Crippen LogP contribution in [0.1, 0.15) is 9.67 Å². The zero-order valence-corrected chi connectivity index (χ0v) is 12.8. The lowest BCUT2D eigenvalue weighted by Gasteiger charge is -2.02. The molecule has 106 valence electrons. The standard InChI is InChI=1S/C15H12ClN3OS/c1-19-14(17-15(20)13-3-2-8-21-13)9-12(18-19)10-4-6-11(16)7-5-10/h2-9H,1H3,(H,17,20). The lowest BCUT2D eigenvalue weighted by atomic mass is 10.1. The minimum absolute atomic E-state index is 0.129. The Labute approximate surface area is 131 Å². The van der Waals surface area contributed by atoms with Gasteiger partial charge in [0, 0.05) is 23.7 Å². The number of amides is 1. The van der Waals surface area contributed by atoms with E-state index in [9.17, 15) is 4.79 Å². The first kappa shape index (κ1) is 13.9. The highest BCUT2D eigenvalue weighted by molar-refractivity contribution is 7.12. The second-order valence-corrected chi connectivity index (χ2v) is 5.86. The fourth-order valence-corrected chi connectivity index (χ4v) is 2.68. The molecule has 0 saturated heterocycles. The first-order valence-corrected chi connectivity index (χ1v) is 7.54. The topological polar surface area (TPSA) is 46.9 Å². The van der Waals surface area contributed by atoms with E-state index in [4.69, 9.17) is 11.6 Å². The Morgan fingerprint density at radius 3 is 2.71 bits per heavy atom. The molecule has 0 aliphatic heterocycles. The number of nitrogens with zero attached hydrogens (tertiary/aromatic N) is 2. The van der Waals surface area contributed by atoms with Crippen LogP contribution >= 0.6 is 22.9 Å². The molecule has 0 atom stereocenters. The third-order valence-electron chi connectivity index (χ3n) is 3.01. The van der Waals surface area contributed by atoms with Crippen molar-refractivity contribution in [2.24, 2.45) is 7.05 Å². The fourth-order valence-electron chi connectivity index (χ4n) is 1.93. The average Bonchev–Trinajstić information content (AvgIpc) is 3.10. The summed E-state index contributed by atoms with van der Waals surface area (Å²) in [5.74, 6) is 0.522. The van der Waals surface area contributed by atoms with Crippen molar-refractivity contribution in [1.82, 2.24) is 9.78 Å². The van der Waals surface area contributed by atoms with Crippen LogP contribution in [0.25, 0.3) is 11.3 Å². The summed E-state index contributed by atoms with van der Waals surface area (Å²) >= 11 is 7.28. The molecule has 0 saturated carbocycles. The number of benzene rings is 1. The van der Waals surface area contributed by atoms with Gasteiger partial charge >= 0.3 is 0 Å². The highest BCUT2D eigenvalue weighted by Gasteiger charge is 2.12. The van der Waals surface area contributed by atoms with Gasteiger partial charge in [-0.15, -0.1) is 11.3 Å². The minimum Gasteiger partial charge on any atom is -0.306 e. The third kappa shape index (κ3) is 2.99. The molecule has 0 aliphatic rings. The van der Waals surface area contributed by atoms with Gasteiger partial charge in [-0.2, -0.15) is 5.10 Å². The number of thiophene rings is 1. The number of aromatic nitrogens is 2. The lowest BCUT2D eigenvalue weighted by Crippen LogP contribution is -2.12. The van der Waals surface area contributed by atoms with E-state index in [1.807, 2.05) is 41.8 Å². The normalized spacial score (nSPS) is 10.6. The van der Waals surface area contributed by atoms with Crippen molar-refractivity contribution >= 4 is 34.7 Å². The Balaban J connectivity index is 1.84. The number of hydrogen-bond acceptors (Lipinski definition) is 3. The van der Waals surface area contributed by atoms with E-state index >= 15 is 0 Å². The highest BCUT2D eigenvalue weighted by atomic mass is 35.5. The number of anilines is 1. The largest absolute Gasteiger partial charge is 0.306 e. The molecule has 0 aliphatic carbocycles. The van der Waals surface area contributed by atoms with Gasteiger partial charge in [-0.1, -0.05) is 29.8 Å². The van der Waals surface area contributed by atoms with E-state index in [1.54, 1.807) is 17.8 Å². The maximum absolute atomic E-state index is 12.1. The summed E-state index contributed by atoms with van der Waals surface area (Å²) in [6, 6.07) is 12.9. The summed E-state index contributed by atoms with van der Waals surface area (Å²) in [5, 5.41) is 9.82. The average molecular weight is 318 g/mol. The number of halogens is 1. The minimum atomic E-state index is -0.129. The van der Waals surface area contributed by atoms with Gasteiger partial charge in [0.15, 0.2) is 0 Å². The highest BCUT2D eigenvalue weighted by Crippen LogP contribution is 2.23. The first-order valence-electron chi connectivity index (χ1n) is 6.28. The van der Waals surface area contributed by atoms with E-state index in [2.05, 4.69) is 10.4 Å². The van der Waals surface area contributed by atoms with Crippen LogP contribution < -0.4 is 5.32 Å². The van der Waals surface area contributed by atoms with Crippen LogP contribution in [0.5, 0.6) is 0 Å². The number of aryl methyl sites for hydroxylation is 1. The number of carbonyl (C=O) groups is 1. The maximum atomic E-state index is 12.1. The van der Waals surface area contributed by atoms with E-state index in [1.165, 1.54) is 11.3 Å². The van der Waals surface area contributed by atoms with Crippen LogP contribution in [0.3, 0.4) is 0 Å². The van der Waals surface area contributed by atoms with E-state index in [0.29, 0.717) is 15.7 Å². The molecule has 3 rings (SSSR count). The molecule has 1 N–H and O–H groups in total. The van der Waals surface area contributed by atoms with Crippen LogP contribution in [0.4, 0.5) is 5.82 Å². The quantitative estimate of drug-likeness (QED) is 0.792. The molecule has 0 bridgehead atoms. The Morgan fingerprint density at radius 1 is 1.29 bits per heavy atom. The van der Waals surface area contributed by atoms with Crippen molar-refractivity contribution in [1.29, 1.82) is 0 Å². The Hall–Kier alpha value is -2.11. The molecule has 0 radical (unpaired) electrons. The Kier molecular flexibility index (Phi) is 3.77. The van der Waals surface area contributed by atoms with Gasteiger partial charge < -0.3 is 5.32 Å². The van der Waals surface area contributed by atoms with Crippen LogP contribution in [-0.4, -0.2) is 15.7 Å². The lowest BCUT2D eigenvalue weighted by molar-refractivity contribution is 0.102. The van der Waals surface area contributed by atoms with Crippen LogP contribution in [-0.2, 0) is 7.05 Å². The molecule has 0 spiro atoms. The van der Waals surface area contributed by atoms with Gasteiger partial charge in [-0.3, -0.25) is 9.48 Å². The van der Waals surface area contributed by atoms with Crippen molar-refractivity contribution < 1.29 is 4.79 Å². The number of carbonyl (C=O) groups excluding carboxylic acids is 1. The molecule has 6 heteroatoms. The molecular formula is C15H12ClN3OS. The monoisotopic (exact) mass is 317 g/mol. The predicted molar refractivity (Wildman–Crippen MR) is 85.9 cm³/mol. The molecule has 1 amide bonds. The molecule has 3 aromatic rings. The number of hydrogen-bond donors (Lipinski definition) is 1. The molecule has 21 heavy (non-hydrogen) atoms. The molecule has 2 aromatic heterocycles. The van der Waals surface area contributed by atoms with Crippen molar-refractivity contribution in [2.75, 3.05) is 5.32 Å². The summed E-state index contributed by atoms with van der Waals surface area (Å²) in [7, 11) is 1.80. The second-order valence-electron chi connectivity index (χ2n) is 4.48. The van der Waals surface area contributed by atoms with E-state index in [0.717, 1.165) is 11.3 Å². The van der Waals surface area contributed by atoms with Gasteiger partial charge in [0.05, 0.1) is 10.6 Å². The van der Waals surface area contributed by atoms with Crippen molar-refractivity contribution in [3.63, 3.8) is 0 Å². The van der Waals surface area contributed by atoms with Gasteiger partial charge in [0.1, 0.15) is 5.82 Å². The maximum Gasteiger partial charge on any atom is 0.266 e. The van der Waals surface area contributed by atoms with Gasteiger partial charge in [0.2, 0.25) is 0 Å². The number of nitrogens with one attached hydrogen (secondary N) is 1. The molecule has 4 nitrogen and oxygen atoms in total. The van der Waals surface area contributed by atoms with Crippen molar-refractivity contribution in [3.05, 3.63) is 57.7 Å². The zero-order valence-electron chi connectivity index (χ0n) is 11.2. The van der Waals surface area contributed by atoms with Gasteiger partial charge in [0.25, 0.3) is 5.91 Å². The van der Waals surface area contributed by atoms with Crippen LogP contribution in [0.2, 0.25) is 5.02 Å². The Bertz CT molecular complexity index is 763. The summed E-state index contributed by atoms with van der Waals surface area (Å²) in [6.07, 6.45) is 0. The molecule has 0 unspecified atom stereocenters. The predicted octanol–water partition coefficient (Wildman–Crippen LogP) is 4.05. The summed E-state index contributed by atoms with van der Waals surface area (Å²) in [5.41, 5.74) is 1.74. The smallest absolute Gasteiger partial charge is 0.266 e. The number of rotatable bonds is 3. The van der Waals surface area contributed by atoms with Crippen LogP contribution in [0, 0.1) is 0 Å². The van der Waals surface area contributed by atoms with Crippen LogP contribution in [0.15, 0.2) is 47.8 Å². The summed E-state index contributed by atoms with van der Waals surface area (Å²) in [6.45, 7) is 0. The fraction of sp³-hybridized carbons (Fsp3) is 0.0667. The molecule has 0 fully saturated rings. The first-order chi connectivity index (χ1) is 10.1. The van der Waals surface area contributed by atoms with Crippen molar-refractivity contribution in [3.8, 4) is 11.3 Å². The third-order valence-corrected chi connectivity index (χ3v) is 4.13. The summed E-state index contributed by atoms with van der Waals surface area (Å²) < 4.78 is 1.65. The SMILES string of the molecule is Cn1nc(-c2ccc(Cl)cc2)cc1NC(=O)c1cccs1. The van der Waals surface area contributed by atoms with E-state index in [-0.39, 0.29) is 5.91 Å². The molecular weight excluding hydrogens is 306 g/mol. The summed E-state index contributed by atoms with van der Waals surface area (Å²) in [4.78, 5) is 12.7.